The smallest absolute Gasteiger partial charge is 0.241 e. The molecular weight excluding hydrogens is 364 g/mol. The Hall–Kier alpha value is -2.89. The van der Waals surface area contributed by atoms with Crippen molar-refractivity contribution in [3.05, 3.63) is 59.8 Å². The van der Waals surface area contributed by atoms with E-state index in [0.717, 1.165) is 42.9 Å². The van der Waals surface area contributed by atoms with Crippen LogP contribution in [0.5, 0.6) is 0 Å². The van der Waals surface area contributed by atoms with Crippen molar-refractivity contribution < 1.29 is 9.59 Å². The summed E-state index contributed by atoms with van der Waals surface area (Å²) in [5, 5.41) is 3.32. The molecule has 2 bridgehead atoms. The summed E-state index contributed by atoms with van der Waals surface area (Å²) in [6, 6.07) is 16.0. The van der Waals surface area contributed by atoms with Crippen LogP contribution in [0.4, 0.5) is 5.82 Å². The summed E-state index contributed by atoms with van der Waals surface area (Å²) in [5.74, 6) is 0.891. The maximum absolute atomic E-state index is 12.9. The van der Waals surface area contributed by atoms with Gasteiger partial charge < -0.3 is 15.1 Å². The number of carbonyl (C=O) groups excluding carboxylic acids is 2. The number of likely N-dealkylation sites (N-methyl/N-ethyl adjacent to an activating group) is 1. The minimum atomic E-state index is -0.00762. The van der Waals surface area contributed by atoms with Crippen molar-refractivity contribution in [2.75, 3.05) is 38.5 Å². The maximum Gasteiger partial charge on any atom is 0.241 e. The second-order valence-corrected chi connectivity index (χ2v) is 7.51. The number of benzene rings is 1. The third-order valence-corrected chi connectivity index (χ3v) is 5.22. The lowest BCUT2D eigenvalue weighted by molar-refractivity contribution is -0.139. The number of amides is 2. The zero-order valence-electron chi connectivity index (χ0n) is 17.1. The predicted molar refractivity (Wildman–Crippen MR) is 115 cm³/mol. The molecule has 3 rings (SSSR count). The highest BCUT2D eigenvalue weighted by Gasteiger charge is 2.19. The number of fused-ring (bicyclic) bond motifs is 2. The Morgan fingerprint density at radius 1 is 1.07 bits per heavy atom. The normalized spacial score (nSPS) is 16.1. The summed E-state index contributed by atoms with van der Waals surface area (Å²) in [6.07, 6.45) is 3.50. The van der Waals surface area contributed by atoms with Gasteiger partial charge in [-0.05, 0) is 43.4 Å². The topological polar surface area (TPSA) is 65.5 Å². The summed E-state index contributed by atoms with van der Waals surface area (Å²) in [7, 11) is 1.81. The summed E-state index contributed by atoms with van der Waals surface area (Å²) in [5.41, 5.74) is 2.15. The second-order valence-electron chi connectivity index (χ2n) is 7.51. The van der Waals surface area contributed by atoms with Crippen LogP contribution in [0.2, 0.25) is 0 Å². The lowest BCUT2D eigenvalue weighted by atomic mass is 10.1. The molecular formula is C23H30N4O2. The number of nitrogens with one attached hydrogen (secondary N) is 1. The number of nitrogens with zero attached hydrogens (tertiary/aromatic N) is 3. The molecule has 0 fully saturated rings. The summed E-state index contributed by atoms with van der Waals surface area (Å²) < 4.78 is 0. The Labute approximate surface area is 172 Å². The van der Waals surface area contributed by atoms with Crippen LogP contribution >= 0.6 is 0 Å². The van der Waals surface area contributed by atoms with E-state index in [1.54, 1.807) is 16.8 Å². The molecule has 1 aromatic carbocycles. The number of pyridine rings is 1. The van der Waals surface area contributed by atoms with E-state index in [-0.39, 0.29) is 18.4 Å². The fourth-order valence-corrected chi connectivity index (χ4v) is 3.46. The molecule has 0 saturated heterocycles. The molecule has 154 valence electrons. The molecule has 2 aromatic rings. The third kappa shape index (κ3) is 6.59. The standard InChI is InChI=1S/C23H30N4O2/c1-26-16-7-15-24-21-12-5-10-20(25-21)11-6-17-27(18-23(26)29)22(28)14-13-19-8-3-2-4-9-19/h2-5,8-10,12H,6-7,11,13-18H2,1H3,(H,24,25). The minimum absolute atomic E-state index is 0.00762. The van der Waals surface area contributed by atoms with Crippen molar-refractivity contribution in [3.8, 4) is 0 Å². The summed E-state index contributed by atoms with van der Waals surface area (Å²) in [4.78, 5) is 33.6. The van der Waals surface area contributed by atoms with Crippen molar-refractivity contribution in [2.45, 2.75) is 32.1 Å². The first-order valence-corrected chi connectivity index (χ1v) is 10.4. The highest BCUT2D eigenvalue weighted by atomic mass is 16.2. The Morgan fingerprint density at radius 3 is 2.72 bits per heavy atom. The number of hydrogen-bond acceptors (Lipinski definition) is 4. The molecule has 1 N–H and O–H groups in total. The SMILES string of the molecule is CN1CCCNc2cccc(n2)CCCN(C(=O)CCc2ccccc2)CC1=O. The molecule has 0 aliphatic carbocycles. The molecule has 0 spiro atoms. The number of aryl methyl sites for hydroxylation is 2. The average molecular weight is 395 g/mol. The largest absolute Gasteiger partial charge is 0.370 e. The van der Waals surface area contributed by atoms with E-state index < -0.39 is 0 Å². The monoisotopic (exact) mass is 394 g/mol. The van der Waals surface area contributed by atoms with Gasteiger partial charge in [-0.25, -0.2) is 4.98 Å². The molecule has 0 saturated carbocycles. The van der Waals surface area contributed by atoms with Crippen LogP contribution in [0.1, 0.15) is 30.5 Å². The molecule has 1 aromatic heterocycles. The van der Waals surface area contributed by atoms with Gasteiger partial charge in [0.05, 0.1) is 6.54 Å². The third-order valence-electron chi connectivity index (χ3n) is 5.22. The molecule has 0 radical (unpaired) electrons. The first-order valence-electron chi connectivity index (χ1n) is 10.4. The Bertz CT molecular complexity index is 810. The van der Waals surface area contributed by atoms with Gasteiger partial charge in [0.2, 0.25) is 11.8 Å². The van der Waals surface area contributed by atoms with Crippen molar-refractivity contribution in [1.82, 2.24) is 14.8 Å². The Kier molecular flexibility index (Phi) is 7.61. The quantitative estimate of drug-likeness (QED) is 0.869. The zero-order chi connectivity index (χ0) is 20.5. The van der Waals surface area contributed by atoms with E-state index >= 15 is 0 Å². The van der Waals surface area contributed by atoms with E-state index in [0.29, 0.717) is 25.9 Å². The van der Waals surface area contributed by atoms with Crippen molar-refractivity contribution in [3.63, 3.8) is 0 Å². The summed E-state index contributed by atoms with van der Waals surface area (Å²) >= 11 is 0. The number of hydrogen-bond donors (Lipinski definition) is 1. The molecule has 6 nitrogen and oxygen atoms in total. The Morgan fingerprint density at radius 2 is 1.90 bits per heavy atom. The van der Waals surface area contributed by atoms with Crippen molar-refractivity contribution in [1.29, 1.82) is 0 Å². The van der Waals surface area contributed by atoms with Crippen molar-refractivity contribution >= 4 is 17.6 Å². The summed E-state index contributed by atoms with van der Waals surface area (Å²) in [6.45, 7) is 2.11. The minimum Gasteiger partial charge on any atom is -0.370 e. The van der Waals surface area contributed by atoms with E-state index in [1.165, 1.54) is 0 Å². The fraction of sp³-hybridized carbons (Fsp3) is 0.435. The molecule has 6 heteroatoms. The first-order chi connectivity index (χ1) is 14.1. The highest BCUT2D eigenvalue weighted by molar-refractivity contribution is 5.84. The molecule has 0 unspecified atom stereocenters. The van der Waals surface area contributed by atoms with E-state index in [1.807, 2.05) is 48.5 Å². The number of rotatable bonds is 3. The van der Waals surface area contributed by atoms with Gasteiger partial charge in [0.15, 0.2) is 0 Å². The molecule has 29 heavy (non-hydrogen) atoms. The second kappa shape index (κ2) is 10.6. The number of aromatic nitrogens is 1. The molecule has 1 aliphatic rings. The van der Waals surface area contributed by atoms with E-state index in [9.17, 15) is 9.59 Å². The van der Waals surface area contributed by atoms with Gasteiger partial charge in [-0.15, -0.1) is 0 Å². The maximum atomic E-state index is 12.9. The predicted octanol–water partition coefficient (Wildman–Crippen LogP) is 2.75. The van der Waals surface area contributed by atoms with Gasteiger partial charge >= 0.3 is 0 Å². The highest BCUT2D eigenvalue weighted by Crippen LogP contribution is 2.10. The zero-order valence-corrected chi connectivity index (χ0v) is 17.1. The molecule has 2 heterocycles. The van der Waals surface area contributed by atoms with Gasteiger partial charge in [0, 0.05) is 38.8 Å². The van der Waals surface area contributed by atoms with Gasteiger partial charge in [-0.1, -0.05) is 36.4 Å². The number of carbonyl (C=O) groups is 2. The van der Waals surface area contributed by atoms with Crippen LogP contribution in [0.25, 0.3) is 0 Å². The van der Waals surface area contributed by atoms with E-state index in [4.69, 9.17) is 0 Å². The van der Waals surface area contributed by atoms with Crippen LogP contribution in [0, 0.1) is 0 Å². The van der Waals surface area contributed by atoms with Gasteiger partial charge in [0.25, 0.3) is 0 Å². The average Bonchev–Trinajstić information content (AvgIpc) is 2.74. The van der Waals surface area contributed by atoms with Crippen LogP contribution in [-0.4, -0.2) is 59.8 Å². The lowest BCUT2D eigenvalue weighted by Gasteiger charge is -2.26. The fourth-order valence-electron chi connectivity index (χ4n) is 3.46. The lowest BCUT2D eigenvalue weighted by Crippen LogP contribution is -2.42. The van der Waals surface area contributed by atoms with Gasteiger partial charge in [0.1, 0.15) is 5.82 Å². The number of anilines is 1. The van der Waals surface area contributed by atoms with E-state index in [2.05, 4.69) is 10.3 Å². The van der Waals surface area contributed by atoms with Gasteiger partial charge in [-0.2, -0.15) is 0 Å². The molecule has 0 atom stereocenters. The van der Waals surface area contributed by atoms with Crippen molar-refractivity contribution in [2.24, 2.45) is 0 Å². The van der Waals surface area contributed by atoms with Crippen LogP contribution < -0.4 is 5.32 Å². The van der Waals surface area contributed by atoms with Crippen LogP contribution in [0.3, 0.4) is 0 Å². The van der Waals surface area contributed by atoms with Crippen LogP contribution in [-0.2, 0) is 22.4 Å². The first kappa shape index (κ1) is 20.8. The molecule has 1 aliphatic heterocycles. The van der Waals surface area contributed by atoms with Crippen LogP contribution in [0.15, 0.2) is 48.5 Å². The molecule has 2 amide bonds. The Balaban J connectivity index is 1.66. The van der Waals surface area contributed by atoms with Gasteiger partial charge in [-0.3, -0.25) is 9.59 Å².